The molecule has 4 aromatic heterocycles. The highest BCUT2D eigenvalue weighted by Crippen LogP contribution is 2.32. The van der Waals surface area contributed by atoms with Gasteiger partial charge in [-0.1, -0.05) is 11.3 Å². The molecular weight excluding hydrogens is 546 g/mol. The van der Waals surface area contributed by atoms with E-state index in [4.69, 9.17) is 19.9 Å². The van der Waals surface area contributed by atoms with Crippen molar-refractivity contribution in [2.24, 2.45) is 0 Å². The van der Waals surface area contributed by atoms with E-state index in [2.05, 4.69) is 24.6 Å². The quantitative estimate of drug-likeness (QED) is 0.299. The molecule has 1 fully saturated rings. The molecule has 0 atom stereocenters. The maximum Gasteiger partial charge on any atom is 0.300 e. The van der Waals surface area contributed by atoms with Crippen LogP contribution in [-0.4, -0.2) is 79.2 Å². The van der Waals surface area contributed by atoms with E-state index in [0.717, 1.165) is 24.4 Å². The molecule has 5 heterocycles. The van der Waals surface area contributed by atoms with Crippen LogP contribution >= 0.6 is 11.3 Å². The van der Waals surface area contributed by atoms with Crippen LogP contribution in [0.5, 0.6) is 11.6 Å². The number of anilines is 2. The molecule has 0 spiro atoms. The van der Waals surface area contributed by atoms with Crippen molar-refractivity contribution in [3.63, 3.8) is 0 Å². The van der Waals surface area contributed by atoms with E-state index >= 15 is 0 Å². The second-order valence-electron chi connectivity index (χ2n) is 8.69. The van der Waals surface area contributed by atoms with E-state index in [0.29, 0.717) is 43.1 Å². The SMILES string of the molecule is COc1ncc(-c2ccc3ncc(OCCN4CCOCC4)c(=O)n3c2)cc1NS(=O)(=O)c1sc(N)nc1C. The number of sulfonamides is 1. The minimum Gasteiger partial charge on any atom is -0.485 e. The number of aromatic nitrogens is 4. The molecular formula is C24H27N7O6S2. The van der Waals surface area contributed by atoms with Gasteiger partial charge in [-0.25, -0.2) is 23.4 Å². The molecule has 0 bridgehead atoms. The first-order valence-electron chi connectivity index (χ1n) is 12.0. The Bertz CT molecular complexity index is 1670. The molecule has 206 valence electrons. The Morgan fingerprint density at radius 3 is 2.69 bits per heavy atom. The maximum atomic E-state index is 13.2. The van der Waals surface area contributed by atoms with Gasteiger partial charge in [-0.05, 0) is 25.1 Å². The molecule has 0 saturated carbocycles. The Balaban J connectivity index is 1.42. The molecule has 39 heavy (non-hydrogen) atoms. The van der Waals surface area contributed by atoms with Crippen molar-refractivity contribution in [1.82, 2.24) is 24.3 Å². The van der Waals surface area contributed by atoms with Crippen LogP contribution in [-0.2, 0) is 14.8 Å². The molecule has 5 rings (SSSR count). The molecule has 1 saturated heterocycles. The number of nitrogens with one attached hydrogen (secondary N) is 1. The van der Waals surface area contributed by atoms with Crippen LogP contribution in [0, 0.1) is 6.92 Å². The summed E-state index contributed by atoms with van der Waals surface area (Å²) in [4.78, 5) is 28.0. The third-order valence-corrected chi connectivity index (χ3v) is 9.04. The lowest BCUT2D eigenvalue weighted by Gasteiger charge is -2.26. The molecule has 0 aromatic carbocycles. The molecule has 13 nitrogen and oxygen atoms in total. The monoisotopic (exact) mass is 573 g/mol. The normalized spacial score (nSPS) is 14.4. The second kappa shape index (κ2) is 11.1. The highest BCUT2D eigenvalue weighted by molar-refractivity contribution is 7.94. The summed E-state index contributed by atoms with van der Waals surface area (Å²) < 4.78 is 46.4. The van der Waals surface area contributed by atoms with Crippen molar-refractivity contribution in [3.8, 4) is 22.8 Å². The third-order valence-electron chi connectivity index (χ3n) is 6.08. The van der Waals surface area contributed by atoms with Crippen LogP contribution in [0.2, 0.25) is 0 Å². The van der Waals surface area contributed by atoms with Gasteiger partial charge in [-0.15, -0.1) is 0 Å². The Morgan fingerprint density at radius 1 is 1.18 bits per heavy atom. The van der Waals surface area contributed by atoms with Gasteiger partial charge in [0.1, 0.15) is 17.9 Å². The van der Waals surface area contributed by atoms with E-state index in [1.54, 1.807) is 31.3 Å². The standard InChI is InChI=1S/C24H27N7O6S2/c1-15-23(38-24(25)28-15)39(33,34)29-18-11-17(12-27-21(18)35-2)16-3-4-20-26-13-19(22(32)31(20)14-16)37-10-7-30-5-8-36-9-6-30/h3-4,11-14,29H,5-10H2,1-2H3,(H2,25,28). The average Bonchev–Trinajstić information content (AvgIpc) is 3.29. The zero-order chi connectivity index (χ0) is 27.6. The number of ether oxygens (including phenoxy) is 3. The number of nitrogens with zero attached hydrogens (tertiary/aromatic N) is 5. The van der Waals surface area contributed by atoms with Gasteiger partial charge in [0.2, 0.25) is 11.6 Å². The van der Waals surface area contributed by atoms with E-state index < -0.39 is 10.0 Å². The number of aryl methyl sites for hydroxylation is 1. The fourth-order valence-electron chi connectivity index (χ4n) is 4.13. The summed E-state index contributed by atoms with van der Waals surface area (Å²) in [6.45, 7) is 5.61. The molecule has 1 aliphatic rings. The Kier molecular flexibility index (Phi) is 7.65. The number of nitrogens with two attached hydrogens (primary N) is 1. The van der Waals surface area contributed by atoms with Crippen LogP contribution < -0.4 is 25.5 Å². The molecule has 3 N–H and O–H groups in total. The first-order valence-corrected chi connectivity index (χ1v) is 14.3. The number of nitrogen functional groups attached to an aromatic ring is 1. The number of rotatable bonds is 9. The second-order valence-corrected chi connectivity index (χ2v) is 11.6. The van der Waals surface area contributed by atoms with Gasteiger partial charge in [-0.2, -0.15) is 0 Å². The van der Waals surface area contributed by atoms with Gasteiger partial charge in [0.15, 0.2) is 9.34 Å². The average molecular weight is 574 g/mol. The topological polar surface area (TPSA) is 163 Å². The summed E-state index contributed by atoms with van der Waals surface area (Å²) in [6, 6.07) is 5.02. The zero-order valence-corrected chi connectivity index (χ0v) is 22.9. The first kappa shape index (κ1) is 26.8. The summed E-state index contributed by atoms with van der Waals surface area (Å²) in [5.74, 6) is 0.214. The van der Waals surface area contributed by atoms with Gasteiger partial charge < -0.3 is 19.9 Å². The number of hydrogen-bond donors (Lipinski definition) is 2. The molecule has 0 radical (unpaired) electrons. The van der Waals surface area contributed by atoms with Crippen molar-refractivity contribution in [2.75, 3.05) is 57.0 Å². The number of morpholine rings is 1. The Labute approximate surface area is 228 Å². The van der Waals surface area contributed by atoms with E-state index in [9.17, 15) is 13.2 Å². The fraction of sp³-hybridized carbons (Fsp3) is 0.333. The van der Waals surface area contributed by atoms with Gasteiger partial charge in [0.25, 0.3) is 15.6 Å². The Morgan fingerprint density at radius 2 is 1.97 bits per heavy atom. The molecule has 4 aromatic rings. The summed E-state index contributed by atoms with van der Waals surface area (Å²) in [6.07, 6.45) is 4.55. The maximum absolute atomic E-state index is 13.2. The zero-order valence-electron chi connectivity index (χ0n) is 21.3. The van der Waals surface area contributed by atoms with Crippen LogP contribution in [0.25, 0.3) is 16.8 Å². The Hall–Kier alpha value is -3.79. The van der Waals surface area contributed by atoms with E-state index in [1.807, 2.05) is 0 Å². The minimum atomic E-state index is -4.01. The van der Waals surface area contributed by atoms with E-state index in [-0.39, 0.29) is 37.9 Å². The van der Waals surface area contributed by atoms with Gasteiger partial charge in [0, 0.05) is 43.2 Å². The predicted molar refractivity (Wildman–Crippen MR) is 146 cm³/mol. The lowest BCUT2D eigenvalue weighted by molar-refractivity contribution is 0.0321. The number of fused-ring (bicyclic) bond motifs is 1. The van der Waals surface area contributed by atoms with Gasteiger partial charge >= 0.3 is 0 Å². The first-order chi connectivity index (χ1) is 18.7. The summed E-state index contributed by atoms with van der Waals surface area (Å²) in [7, 11) is -2.62. The van der Waals surface area contributed by atoms with Crippen LogP contribution in [0.1, 0.15) is 5.69 Å². The lowest BCUT2D eigenvalue weighted by atomic mass is 10.1. The molecule has 0 aliphatic carbocycles. The number of thiazole rings is 1. The van der Waals surface area contributed by atoms with Crippen LogP contribution in [0.4, 0.5) is 10.8 Å². The van der Waals surface area contributed by atoms with Crippen molar-refractivity contribution < 1.29 is 22.6 Å². The molecule has 0 unspecified atom stereocenters. The van der Waals surface area contributed by atoms with Crippen molar-refractivity contribution in [3.05, 3.63) is 52.8 Å². The number of pyridine rings is 2. The van der Waals surface area contributed by atoms with E-state index in [1.165, 1.54) is 23.9 Å². The third kappa shape index (κ3) is 5.80. The number of hydrogen-bond acceptors (Lipinski definition) is 12. The summed E-state index contributed by atoms with van der Waals surface area (Å²) >= 11 is 0.862. The number of methoxy groups -OCH3 is 1. The van der Waals surface area contributed by atoms with Crippen molar-refractivity contribution in [2.45, 2.75) is 11.1 Å². The lowest BCUT2D eigenvalue weighted by Crippen LogP contribution is -2.38. The summed E-state index contributed by atoms with van der Waals surface area (Å²) in [5.41, 5.74) is 7.32. The van der Waals surface area contributed by atoms with Gasteiger partial charge in [0.05, 0.1) is 32.2 Å². The highest BCUT2D eigenvalue weighted by Gasteiger charge is 2.23. The predicted octanol–water partition coefficient (Wildman–Crippen LogP) is 1.62. The highest BCUT2D eigenvalue weighted by atomic mass is 32.2. The molecule has 0 amide bonds. The molecule has 1 aliphatic heterocycles. The van der Waals surface area contributed by atoms with Crippen molar-refractivity contribution >= 4 is 37.8 Å². The fourth-order valence-corrected chi connectivity index (χ4v) is 6.48. The smallest absolute Gasteiger partial charge is 0.300 e. The molecule has 15 heteroatoms. The minimum absolute atomic E-state index is 0.00284. The van der Waals surface area contributed by atoms with Crippen LogP contribution in [0.3, 0.4) is 0 Å². The van der Waals surface area contributed by atoms with Gasteiger partial charge in [-0.3, -0.25) is 18.8 Å². The van der Waals surface area contributed by atoms with Crippen molar-refractivity contribution in [1.29, 1.82) is 0 Å². The summed E-state index contributed by atoms with van der Waals surface area (Å²) in [5, 5.41) is 0.145. The van der Waals surface area contributed by atoms with Crippen LogP contribution in [0.15, 0.2) is 45.8 Å². The largest absolute Gasteiger partial charge is 0.485 e.